The highest BCUT2D eigenvalue weighted by Gasteiger charge is 2.17. The number of rotatable bonds is 5. The third kappa shape index (κ3) is 3.95. The van der Waals surface area contributed by atoms with Crippen LogP contribution in [0.2, 0.25) is 0 Å². The molecule has 0 bridgehead atoms. The molecule has 1 aliphatic heterocycles. The molecule has 2 aromatic rings. The summed E-state index contributed by atoms with van der Waals surface area (Å²) in [5, 5.41) is 3.37. The summed E-state index contributed by atoms with van der Waals surface area (Å²) in [5.74, 6) is -0.186. The van der Waals surface area contributed by atoms with E-state index < -0.39 is 0 Å². The zero-order chi connectivity index (χ0) is 16.9. The fourth-order valence-electron chi connectivity index (χ4n) is 2.97. The van der Waals surface area contributed by atoms with Gasteiger partial charge in [-0.05, 0) is 30.3 Å². The summed E-state index contributed by atoms with van der Waals surface area (Å²) >= 11 is 0. The van der Waals surface area contributed by atoms with E-state index in [4.69, 9.17) is 0 Å². The van der Waals surface area contributed by atoms with E-state index in [9.17, 15) is 4.39 Å². The molecule has 1 heterocycles. The Bertz CT molecular complexity index is 691. The van der Waals surface area contributed by atoms with Crippen LogP contribution in [0.15, 0.2) is 55.1 Å². The summed E-state index contributed by atoms with van der Waals surface area (Å²) < 4.78 is 13.8. The van der Waals surface area contributed by atoms with Crippen LogP contribution in [0.5, 0.6) is 0 Å². The molecule has 3 nitrogen and oxygen atoms in total. The van der Waals surface area contributed by atoms with Gasteiger partial charge in [0.05, 0.1) is 0 Å². The first-order valence-electron chi connectivity index (χ1n) is 8.33. The van der Waals surface area contributed by atoms with Crippen molar-refractivity contribution in [3.63, 3.8) is 0 Å². The Morgan fingerprint density at radius 1 is 1.08 bits per heavy atom. The van der Waals surface area contributed by atoms with E-state index in [1.807, 2.05) is 36.4 Å². The van der Waals surface area contributed by atoms with E-state index in [1.165, 1.54) is 6.07 Å². The monoisotopic (exact) mass is 325 g/mol. The van der Waals surface area contributed by atoms with Gasteiger partial charge in [-0.25, -0.2) is 4.39 Å². The summed E-state index contributed by atoms with van der Waals surface area (Å²) in [4.78, 5) is 4.57. The first-order chi connectivity index (χ1) is 11.6. The minimum absolute atomic E-state index is 0.186. The average molecular weight is 325 g/mol. The fraction of sp³-hybridized carbons (Fsp3) is 0.300. The first-order valence-corrected chi connectivity index (χ1v) is 8.33. The molecule has 1 fully saturated rings. The molecule has 24 heavy (non-hydrogen) atoms. The molecule has 0 spiro atoms. The number of halogens is 1. The molecule has 0 radical (unpaired) electrons. The number of benzene rings is 2. The summed E-state index contributed by atoms with van der Waals surface area (Å²) in [6, 6.07) is 15.1. The second kappa shape index (κ2) is 7.49. The van der Waals surface area contributed by atoms with Crippen LogP contribution in [0.4, 0.5) is 10.1 Å². The van der Waals surface area contributed by atoms with Crippen LogP contribution in [-0.4, -0.2) is 38.1 Å². The number of hydrogen-bond donors (Lipinski definition) is 1. The summed E-state index contributed by atoms with van der Waals surface area (Å²) in [6.07, 6.45) is 0. The van der Waals surface area contributed by atoms with Gasteiger partial charge in [0.2, 0.25) is 0 Å². The number of anilines is 1. The maximum atomic E-state index is 13.8. The van der Waals surface area contributed by atoms with Crippen molar-refractivity contribution in [2.45, 2.75) is 6.54 Å². The molecule has 0 aromatic heterocycles. The molecule has 0 saturated carbocycles. The molecular weight excluding hydrogens is 301 g/mol. The molecular formula is C20H24FN3. The van der Waals surface area contributed by atoms with Crippen LogP contribution in [0.1, 0.15) is 11.1 Å². The van der Waals surface area contributed by atoms with Gasteiger partial charge >= 0.3 is 0 Å². The van der Waals surface area contributed by atoms with Crippen molar-refractivity contribution in [1.29, 1.82) is 0 Å². The summed E-state index contributed by atoms with van der Waals surface area (Å²) in [7, 11) is 2.12. The lowest BCUT2D eigenvalue weighted by molar-refractivity contribution is 0.312. The van der Waals surface area contributed by atoms with Crippen molar-refractivity contribution in [3.05, 3.63) is 72.1 Å². The average Bonchev–Trinajstić information content (AvgIpc) is 2.62. The summed E-state index contributed by atoms with van der Waals surface area (Å²) in [5.41, 5.74) is 4.03. The Morgan fingerprint density at radius 2 is 1.79 bits per heavy atom. The van der Waals surface area contributed by atoms with Crippen LogP contribution in [0, 0.1) is 5.82 Å². The SMILES string of the molecule is C=C(NCc1ccc(F)cc1N1CCN(C)CC1)c1ccccc1. The highest BCUT2D eigenvalue weighted by Crippen LogP contribution is 2.24. The molecule has 0 atom stereocenters. The van der Waals surface area contributed by atoms with E-state index in [1.54, 1.807) is 6.07 Å². The zero-order valence-electron chi connectivity index (χ0n) is 14.1. The molecule has 0 unspecified atom stereocenters. The third-order valence-electron chi connectivity index (χ3n) is 4.51. The van der Waals surface area contributed by atoms with Crippen molar-refractivity contribution in [2.24, 2.45) is 0 Å². The third-order valence-corrected chi connectivity index (χ3v) is 4.51. The Morgan fingerprint density at radius 3 is 2.50 bits per heavy atom. The Hall–Kier alpha value is -2.33. The molecule has 0 amide bonds. The first kappa shape index (κ1) is 16.5. The Kier molecular flexibility index (Phi) is 5.16. The number of piperazine rings is 1. The van der Waals surface area contributed by atoms with Gasteiger partial charge in [-0.1, -0.05) is 43.0 Å². The zero-order valence-corrected chi connectivity index (χ0v) is 14.1. The number of hydrogen-bond acceptors (Lipinski definition) is 3. The van der Waals surface area contributed by atoms with Gasteiger partial charge in [-0.3, -0.25) is 0 Å². The lowest BCUT2D eigenvalue weighted by atomic mass is 10.1. The van der Waals surface area contributed by atoms with Gasteiger partial charge in [-0.15, -0.1) is 0 Å². The standard InChI is InChI=1S/C20H24FN3/c1-16(17-6-4-3-5-7-17)22-15-18-8-9-19(21)14-20(18)24-12-10-23(2)11-13-24/h3-9,14,22H,1,10-13,15H2,2H3. The van der Waals surface area contributed by atoms with Crippen molar-refractivity contribution < 1.29 is 4.39 Å². The van der Waals surface area contributed by atoms with Crippen molar-refractivity contribution in [2.75, 3.05) is 38.1 Å². The normalized spacial score (nSPS) is 15.3. The van der Waals surface area contributed by atoms with Crippen LogP contribution in [0.3, 0.4) is 0 Å². The van der Waals surface area contributed by atoms with Gasteiger partial charge in [0.15, 0.2) is 0 Å². The molecule has 1 N–H and O–H groups in total. The van der Waals surface area contributed by atoms with Crippen LogP contribution < -0.4 is 10.2 Å². The van der Waals surface area contributed by atoms with E-state index in [0.717, 1.165) is 48.7 Å². The second-order valence-corrected chi connectivity index (χ2v) is 6.26. The van der Waals surface area contributed by atoms with Crippen LogP contribution in [-0.2, 0) is 6.54 Å². The van der Waals surface area contributed by atoms with Gasteiger partial charge in [0.25, 0.3) is 0 Å². The van der Waals surface area contributed by atoms with Crippen molar-refractivity contribution in [1.82, 2.24) is 10.2 Å². The predicted octanol–water partition coefficient (Wildman–Crippen LogP) is 3.34. The van der Waals surface area contributed by atoms with Crippen LogP contribution in [0.25, 0.3) is 5.70 Å². The minimum Gasteiger partial charge on any atom is -0.381 e. The molecule has 126 valence electrons. The maximum Gasteiger partial charge on any atom is 0.125 e. The Labute approximate surface area is 143 Å². The molecule has 0 aliphatic carbocycles. The lowest BCUT2D eigenvalue weighted by Crippen LogP contribution is -2.45. The number of nitrogens with zero attached hydrogens (tertiary/aromatic N) is 2. The van der Waals surface area contributed by atoms with E-state index >= 15 is 0 Å². The number of likely N-dealkylation sites (N-methyl/N-ethyl adjacent to an activating group) is 1. The molecule has 1 saturated heterocycles. The lowest BCUT2D eigenvalue weighted by Gasteiger charge is -2.35. The summed E-state index contributed by atoms with van der Waals surface area (Å²) in [6.45, 7) is 8.59. The van der Waals surface area contributed by atoms with Gasteiger partial charge < -0.3 is 15.1 Å². The van der Waals surface area contributed by atoms with Gasteiger partial charge in [0.1, 0.15) is 5.82 Å². The van der Waals surface area contributed by atoms with E-state index in [-0.39, 0.29) is 5.82 Å². The fourth-order valence-corrected chi connectivity index (χ4v) is 2.97. The molecule has 3 rings (SSSR count). The van der Waals surface area contributed by atoms with Crippen molar-refractivity contribution in [3.8, 4) is 0 Å². The van der Waals surface area contributed by atoms with Gasteiger partial charge in [0, 0.05) is 44.1 Å². The second-order valence-electron chi connectivity index (χ2n) is 6.26. The van der Waals surface area contributed by atoms with Crippen LogP contribution >= 0.6 is 0 Å². The maximum absolute atomic E-state index is 13.8. The minimum atomic E-state index is -0.186. The highest BCUT2D eigenvalue weighted by atomic mass is 19.1. The largest absolute Gasteiger partial charge is 0.381 e. The smallest absolute Gasteiger partial charge is 0.125 e. The van der Waals surface area contributed by atoms with E-state index in [2.05, 4.69) is 28.7 Å². The number of nitrogens with one attached hydrogen (secondary N) is 1. The Balaban J connectivity index is 1.72. The highest BCUT2D eigenvalue weighted by molar-refractivity contribution is 5.62. The predicted molar refractivity (Wildman–Crippen MR) is 98.4 cm³/mol. The molecule has 1 aliphatic rings. The molecule has 4 heteroatoms. The quantitative estimate of drug-likeness (QED) is 0.910. The van der Waals surface area contributed by atoms with E-state index in [0.29, 0.717) is 6.54 Å². The molecule has 2 aromatic carbocycles. The van der Waals surface area contributed by atoms with Crippen molar-refractivity contribution >= 4 is 11.4 Å². The van der Waals surface area contributed by atoms with Gasteiger partial charge in [-0.2, -0.15) is 0 Å². The topological polar surface area (TPSA) is 18.5 Å².